The van der Waals surface area contributed by atoms with Crippen molar-refractivity contribution in [2.45, 2.75) is 19.4 Å². The number of pyridine rings is 1. The van der Waals surface area contributed by atoms with Crippen LogP contribution in [0.4, 0.5) is 0 Å². The molecule has 0 spiro atoms. The molecule has 2 N–H and O–H groups in total. The van der Waals surface area contributed by atoms with E-state index >= 15 is 0 Å². The maximum atomic E-state index is 12.4. The van der Waals surface area contributed by atoms with Gasteiger partial charge < -0.3 is 15.4 Å². The molecule has 1 aliphatic rings. The second-order valence-electron chi connectivity index (χ2n) is 6.92. The summed E-state index contributed by atoms with van der Waals surface area (Å²) >= 11 is 0. The van der Waals surface area contributed by atoms with E-state index in [1.165, 1.54) is 0 Å². The quantitative estimate of drug-likeness (QED) is 0.748. The number of benzene rings is 2. The highest BCUT2D eigenvalue weighted by Gasteiger charge is 2.17. The van der Waals surface area contributed by atoms with E-state index in [0.29, 0.717) is 5.56 Å². The maximum absolute atomic E-state index is 12.4. The van der Waals surface area contributed by atoms with E-state index in [1.54, 1.807) is 7.11 Å². The van der Waals surface area contributed by atoms with Crippen LogP contribution in [-0.2, 0) is 0 Å². The average Bonchev–Trinajstić information content (AvgIpc) is 3.20. The van der Waals surface area contributed by atoms with Gasteiger partial charge in [-0.25, -0.2) is 4.98 Å². The third kappa shape index (κ3) is 3.51. The highest BCUT2D eigenvalue weighted by atomic mass is 16.5. The molecule has 2 heterocycles. The van der Waals surface area contributed by atoms with Gasteiger partial charge in [0.25, 0.3) is 5.91 Å². The number of aromatic nitrogens is 1. The fourth-order valence-electron chi connectivity index (χ4n) is 3.54. The first-order valence-corrected chi connectivity index (χ1v) is 9.22. The van der Waals surface area contributed by atoms with E-state index in [-0.39, 0.29) is 11.9 Å². The molecule has 27 heavy (non-hydrogen) atoms. The number of hydrogen-bond acceptors (Lipinski definition) is 4. The van der Waals surface area contributed by atoms with Crippen LogP contribution in [0.1, 0.15) is 22.3 Å². The molecule has 5 heteroatoms. The van der Waals surface area contributed by atoms with Crippen LogP contribution in [0.15, 0.2) is 48.5 Å². The first-order valence-electron chi connectivity index (χ1n) is 9.22. The fourth-order valence-corrected chi connectivity index (χ4v) is 3.54. The van der Waals surface area contributed by atoms with E-state index < -0.39 is 0 Å². The van der Waals surface area contributed by atoms with Gasteiger partial charge >= 0.3 is 0 Å². The topological polar surface area (TPSA) is 63.2 Å². The molecule has 1 fully saturated rings. The summed E-state index contributed by atoms with van der Waals surface area (Å²) in [5, 5.41) is 7.41. The number of nitrogens with zero attached hydrogens (tertiary/aromatic N) is 1. The molecular formula is C22H23N3O2. The van der Waals surface area contributed by atoms with Gasteiger partial charge in [0.15, 0.2) is 0 Å². The van der Waals surface area contributed by atoms with Crippen molar-refractivity contribution >= 4 is 16.8 Å². The largest absolute Gasteiger partial charge is 0.494 e. The lowest BCUT2D eigenvalue weighted by Crippen LogP contribution is -2.36. The lowest BCUT2D eigenvalue weighted by atomic mass is 10.0. The molecule has 1 aliphatic heterocycles. The van der Waals surface area contributed by atoms with E-state index in [9.17, 15) is 4.79 Å². The predicted octanol–water partition coefficient (Wildman–Crippen LogP) is 3.31. The van der Waals surface area contributed by atoms with Crippen LogP contribution in [-0.4, -0.2) is 37.1 Å². The second kappa shape index (κ2) is 7.37. The Labute approximate surface area is 158 Å². The summed E-state index contributed by atoms with van der Waals surface area (Å²) in [6.07, 6.45) is 0.978. The molecule has 4 rings (SSSR count). The molecule has 0 aliphatic carbocycles. The minimum absolute atomic E-state index is 0.0282. The molecule has 3 aromatic rings. The zero-order chi connectivity index (χ0) is 18.8. The summed E-state index contributed by atoms with van der Waals surface area (Å²) in [4.78, 5) is 17.2. The smallest absolute Gasteiger partial charge is 0.251 e. The molecule has 1 unspecified atom stereocenters. The van der Waals surface area contributed by atoms with E-state index in [2.05, 4.69) is 29.7 Å². The van der Waals surface area contributed by atoms with E-state index in [1.807, 2.05) is 36.4 Å². The lowest BCUT2D eigenvalue weighted by Gasteiger charge is -2.12. The van der Waals surface area contributed by atoms with E-state index in [0.717, 1.165) is 53.0 Å². The van der Waals surface area contributed by atoms with Gasteiger partial charge in [0, 0.05) is 29.1 Å². The first-order chi connectivity index (χ1) is 13.2. The number of carbonyl (C=O) groups excluding carboxylic acids is 1. The first kappa shape index (κ1) is 17.5. The Balaban J connectivity index is 1.62. The van der Waals surface area contributed by atoms with Gasteiger partial charge in [-0.2, -0.15) is 0 Å². The molecular weight excluding hydrogens is 338 g/mol. The predicted molar refractivity (Wildman–Crippen MR) is 107 cm³/mol. The van der Waals surface area contributed by atoms with Crippen molar-refractivity contribution in [3.05, 3.63) is 59.7 Å². The zero-order valence-corrected chi connectivity index (χ0v) is 15.6. The van der Waals surface area contributed by atoms with Crippen LogP contribution in [0, 0.1) is 6.92 Å². The zero-order valence-electron chi connectivity index (χ0n) is 15.6. The Hall–Kier alpha value is -2.92. The summed E-state index contributed by atoms with van der Waals surface area (Å²) in [5.41, 5.74) is 4.51. The molecule has 1 atom stereocenters. The molecule has 5 nitrogen and oxygen atoms in total. The fraction of sp³-hybridized carbons (Fsp3) is 0.273. The van der Waals surface area contributed by atoms with Crippen LogP contribution < -0.4 is 15.4 Å². The summed E-state index contributed by atoms with van der Waals surface area (Å²) < 4.78 is 5.47. The number of fused-ring (bicyclic) bond motifs is 1. The molecule has 1 amide bonds. The number of carbonyl (C=O) groups is 1. The van der Waals surface area contributed by atoms with Gasteiger partial charge in [0.1, 0.15) is 11.3 Å². The minimum atomic E-state index is -0.0282. The summed E-state index contributed by atoms with van der Waals surface area (Å²) in [5.74, 6) is 0.734. The second-order valence-corrected chi connectivity index (χ2v) is 6.92. The number of para-hydroxylation sites is 1. The standard InChI is InChI=1S/C22H23N3O2/c1-14-12-19(25-21-18(14)4-3-5-20(21)27-2)15-6-8-16(9-7-15)22(26)24-17-10-11-23-13-17/h3-9,12,17,23H,10-11,13H2,1-2H3,(H,24,26). The molecule has 2 aromatic carbocycles. The van der Waals surface area contributed by atoms with Crippen molar-refractivity contribution in [3.8, 4) is 17.0 Å². The molecule has 1 saturated heterocycles. The third-order valence-corrected chi connectivity index (χ3v) is 5.07. The SMILES string of the molecule is COc1cccc2c(C)cc(-c3ccc(C(=O)NC4CCNC4)cc3)nc12. The number of rotatable bonds is 4. The molecule has 0 saturated carbocycles. The third-order valence-electron chi connectivity index (χ3n) is 5.07. The summed E-state index contributed by atoms with van der Waals surface area (Å²) in [6, 6.07) is 15.8. The number of amides is 1. The van der Waals surface area contributed by atoms with Crippen molar-refractivity contribution < 1.29 is 9.53 Å². The number of nitrogens with one attached hydrogen (secondary N) is 2. The van der Waals surface area contributed by atoms with Crippen molar-refractivity contribution in [1.82, 2.24) is 15.6 Å². The van der Waals surface area contributed by atoms with Crippen molar-refractivity contribution in [1.29, 1.82) is 0 Å². The number of ether oxygens (including phenoxy) is 1. The van der Waals surface area contributed by atoms with Gasteiger partial charge in [-0.1, -0.05) is 24.3 Å². The normalized spacial score (nSPS) is 16.4. The van der Waals surface area contributed by atoms with Crippen LogP contribution in [0.3, 0.4) is 0 Å². The number of methoxy groups -OCH3 is 1. The van der Waals surface area contributed by atoms with Crippen molar-refractivity contribution in [3.63, 3.8) is 0 Å². The average molecular weight is 361 g/mol. The molecule has 0 bridgehead atoms. The highest BCUT2D eigenvalue weighted by Crippen LogP contribution is 2.30. The van der Waals surface area contributed by atoms with Crippen LogP contribution in [0.25, 0.3) is 22.2 Å². The Bertz CT molecular complexity index is 977. The van der Waals surface area contributed by atoms with Gasteiger partial charge in [-0.3, -0.25) is 4.79 Å². The Morgan fingerprint density at radius 1 is 1.22 bits per heavy atom. The van der Waals surface area contributed by atoms with E-state index in [4.69, 9.17) is 9.72 Å². The van der Waals surface area contributed by atoms with Gasteiger partial charge in [-0.15, -0.1) is 0 Å². The van der Waals surface area contributed by atoms with Crippen molar-refractivity contribution in [2.75, 3.05) is 20.2 Å². The number of hydrogen-bond donors (Lipinski definition) is 2. The molecule has 0 radical (unpaired) electrons. The van der Waals surface area contributed by atoms with Crippen molar-refractivity contribution in [2.24, 2.45) is 0 Å². The van der Waals surface area contributed by atoms with Gasteiger partial charge in [-0.05, 0) is 49.7 Å². The highest BCUT2D eigenvalue weighted by molar-refractivity contribution is 5.95. The molecule has 138 valence electrons. The lowest BCUT2D eigenvalue weighted by molar-refractivity contribution is 0.0940. The Morgan fingerprint density at radius 2 is 2.04 bits per heavy atom. The Morgan fingerprint density at radius 3 is 2.74 bits per heavy atom. The van der Waals surface area contributed by atoms with Crippen LogP contribution in [0.5, 0.6) is 5.75 Å². The monoisotopic (exact) mass is 361 g/mol. The maximum Gasteiger partial charge on any atom is 0.251 e. The molecule has 1 aromatic heterocycles. The summed E-state index contributed by atoms with van der Waals surface area (Å²) in [6.45, 7) is 3.87. The van der Waals surface area contributed by atoms with Crippen LogP contribution in [0.2, 0.25) is 0 Å². The van der Waals surface area contributed by atoms with Gasteiger partial charge in [0.2, 0.25) is 0 Å². The Kier molecular flexibility index (Phi) is 4.77. The summed E-state index contributed by atoms with van der Waals surface area (Å²) in [7, 11) is 1.66. The van der Waals surface area contributed by atoms with Gasteiger partial charge in [0.05, 0.1) is 12.8 Å². The van der Waals surface area contributed by atoms with Crippen LogP contribution >= 0.6 is 0 Å². The minimum Gasteiger partial charge on any atom is -0.494 e. The number of aryl methyl sites for hydroxylation is 1.